The number of anilines is 3. The van der Waals surface area contributed by atoms with Crippen molar-refractivity contribution in [2.45, 2.75) is 32.4 Å². The minimum atomic E-state index is -0.790. The molecule has 2 aromatic heterocycles. The van der Waals surface area contributed by atoms with Gasteiger partial charge in [-0.05, 0) is 49.1 Å². The summed E-state index contributed by atoms with van der Waals surface area (Å²) in [4.78, 5) is 20.3. The van der Waals surface area contributed by atoms with Crippen LogP contribution in [-0.4, -0.2) is 35.1 Å². The molecule has 2 heterocycles. The molecular formula is C21H25FN6O2. The van der Waals surface area contributed by atoms with Gasteiger partial charge in [0.05, 0.1) is 12.7 Å². The predicted molar refractivity (Wildman–Crippen MR) is 116 cm³/mol. The maximum absolute atomic E-state index is 14.6. The summed E-state index contributed by atoms with van der Waals surface area (Å²) in [5, 5.41) is 7.77. The van der Waals surface area contributed by atoms with E-state index in [0.29, 0.717) is 18.0 Å². The Labute approximate surface area is 173 Å². The van der Waals surface area contributed by atoms with Gasteiger partial charge in [-0.1, -0.05) is 6.92 Å². The summed E-state index contributed by atoms with van der Waals surface area (Å²) in [6.45, 7) is 3.77. The molecule has 0 aliphatic heterocycles. The van der Waals surface area contributed by atoms with E-state index >= 15 is 0 Å². The quantitative estimate of drug-likeness (QED) is 0.447. The van der Waals surface area contributed by atoms with Crippen molar-refractivity contribution in [3.8, 4) is 5.88 Å². The van der Waals surface area contributed by atoms with Crippen molar-refractivity contribution in [2.24, 2.45) is 11.5 Å². The summed E-state index contributed by atoms with van der Waals surface area (Å²) < 4.78 is 19.8. The average Bonchev–Trinajstić information content (AvgIpc) is 2.72. The fraction of sp³-hybridized carbons (Fsp3) is 0.286. The van der Waals surface area contributed by atoms with E-state index in [1.807, 2.05) is 32.0 Å². The number of pyridine rings is 2. The zero-order valence-corrected chi connectivity index (χ0v) is 17.1. The molecule has 1 amide bonds. The van der Waals surface area contributed by atoms with Crippen LogP contribution in [-0.2, 0) is 0 Å². The maximum atomic E-state index is 14.6. The van der Waals surface area contributed by atoms with Gasteiger partial charge in [-0.25, -0.2) is 14.4 Å². The summed E-state index contributed by atoms with van der Waals surface area (Å²) in [5.41, 5.74) is 12.0. The van der Waals surface area contributed by atoms with E-state index in [1.54, 1.807) is 19.4 Å². The van der Waals surface area contributed by atoms with Crippen LogP contribution >= 0.6 is 0 Å². The highest BCUT2D eigenvalue weighted by molar-refractivity contribution is 5.99. The predicted octanol–water partition coefficient (Wildman–Crippen LogP) is 3.16. The average molecular weight is 412 g/mol. The fourth-order valence-electron chi connectivity index (χ4n) is 3.18. The van der Waals surface area contributed by atoms with Gasteiger partial charge in [0, 0.05) is 29.4 Å². The Balaban J connectivity index is 2.00. The van der Waals surface area contributed by atoms with Crippen LogP contribution in [0.4, 0.5) is 21.7 Å². The minimum Gasteiger partial charge on any atom is -0.481 e. The molecule has 0 aliphatic rings. The number of nitrogens with zero attached hydrogens (tertiary/aromatic N) is 2. The molecule has 0 radical (unpaired) electrons. The number of fused-ring (bicyclic) bond motifs is 1. The van der Waals surface area contributed by atoms with E-state index in [1.165, 1.54) is 0 Å². The Morgan fingerprint density at radius 1 is 1.27 bits per heavy atom. The van der Waals surface area contributed by atoms with E-state index < -0.39 is 11.7 Å². The Kier molecular flexibility index (Phi) is 6.31. The third-order valence-electron chi connectivity index (χ3n) is 4.82. The van der Waals surface area contributed by atoms with Crippen LogP contribution < -0.4 is 26.8 Å². The Morgan fingerprint density at radius 3 is 2.67 bits per heavy atom. The van der Waals surface area contributed by atoms with E-state index in [0.717, 1.165) is 16.8 Å². The molecule has 6 N–H and O–H groups in total. The summed E-state index contributed by atoms with van der Waals surface area (Å²) >= 11 is 0. The van der Waals surface area contributed by atoms with Gasteiger partial charge < -0.3 is 26.8 Å². The summed E-state index contributed by atoms with van der Waals surface area (Å²) in [7, 11) is 1.55. The number of nitrogens with one attached hydrogen (secondary N) is 2. The summed E-state index contributed by atoms with van der Waals surface area (Å²) in [6, 6.07) is 7.97. The van der Waals surface area contributed by atoms with E-state index in [2.05, 4.69) is 20.6 Å². The van der Waals surface area contributed by atoms with Crippen molar-refractivity contribution in [1.82, 2.24) is 9.97 Å². The van der Waals surface area contributed by atoms with Crippen LogP contribution in [0.15, 0.2) is 36.5 Å². The number of carbonyl (C=O) groups excluding carboxylic acids is 1. The van der Waals surface area contributed by atoms with Crippen molar-refractivity contribution in [3.63, 3.8) is 0 Å². The number of hydrogen-bond acceptors (Lipinski definition) is 7. The third kappa shape index (κ3) is 4.41. The lowest BCUT2D eigenvalue weighted by molar-refractivity contribution is 0.100. The van der Waals surface area contributed by atoms with Gasteiger partial charge in [-0.15, -0.1) is 0 Å². The first-order valence-corrected chi connectivity index (χ1v) is 9.56. The van der Waals surface area contributed by atoms with Crippen LogP contribution in [0, 0.1) is 5.82 Å². The molecule has 30 heavy (non-hydrogen) atoms. The molecule has 158 valence electrons. The molecule has 2 atom stereocenters. The number of benzene rings is 1. The molecule has 0 bridgehead atoms. The smallest absolute Gasteiger partial charge is 0.252 e. The van der Waals surface area contributed by atoms with Gasteiger partial charge in [0.1, 0.15) is 5.82 Å². The maximum Gasteiger partial charge on any atom is 0.252 e. The molecule has 0 fully saturated rings. The molecule has 3 aromatic rings. The number of carbonyl (C=O) groups is 1. The zero-order chi connectivity index (χ0) is 21.8. The Hall–Kier alpha value is -3.46. The van der Waals surface area contributed by atoms with E-state index in [9.17, 15) is 9.18 Å². The molecule has 0 aliphatic carbocycles. The van der Waals surface area contributed by atoms with Crippen LogP contribution in [0.1, 0.15) is 30.6 Å². The molecule has 2 unspecified atom stereocenters. The lowest BCUT2D eigenvalue weighted by Gasteiger charge is -2.22. The van der Waals surface area contributed by atoms with Gasteiger partial charge in [-0.2, -0.15) is 0 Å². The molecule has 3 rings (SSSR count). The number of aromatic nitrogens is 2. The second kappa shape index (κ2) is 8.91. The zero-order valence-electron chi connectivity index (χ0n) is 17.1. The SMILES string of the molecule is CCC(Nc1nc(Nc2ccc3c(OC)nccc3c2)c(C(N)=O)cc1F)C(C)N. The number of nitrogens with two attached hydrogens (primary N) is 2. The number of ether oxygens (including phenoxy) is 1. The van der Waals surface area contributed by atoms with Gasteiger partial charge in [-0.3, -0.25) is 4.79 Å². The second-order valence-electron chi connectivity index (χ2n) is 6.98. The van der Waals surface area contributed by atoms with Gasteiger partial charge in [0.25, 0.3) is 5.91 Å². The topological polar surface area (TPSA) is 128 Å². The number of amides is 1. The molecule has 1 aromatic carbocycles. The van der Waals surface area contributed by atoms with Crippen LogP contribution in [0.3, 0.4) is 0 Å². The standard InChI is InChI=1S/C21H25FN6O2/c1-4-17(11(2)23)27-20-16(22)10-15(18(24)29)19(28-20)26-13-5-6-14-12(9-13)7-8-25-21(14)30-3/h5-11,17H,4,23H2,1-3H3,(H2,24,29)(H2,26,27,28). The number of methoxy groups -OCH3 is 1. The first kappa shape index (κ1) is 21.3. The van der Waals surface area contributed by atoms with Crippen LogP contribution in [0.5, 0.6) is 5.88 Å². The summed E-state index contributed by atoms with van der Waals surface area (Å²) in [6.07, 6.45) is 2.32. The first-order valence-electron chi connectivity index (χ1n) is 9.56. The Morgan fingerprint density at radius 2 is 2.03 bits per heavy atom. The number of primary amides is 1. The molecular weight excluding hydrogens is 387 g/mol. The lowest BCUT2D eigenvalue weighted by atomic mass is 10.1. The van der Waals surface area contributed by atoms with Crippen molar-refractivity contribution >= 4 is 34.0 Å². The van der Waals surface area contributed by atoms with Gasteiger partial charge in [0.2, 0.25) is 5.88 Å². The number of halogens is 1. The first-order chi connectivity index (χ1) is 14.3. The fourth-order valence-corrected chi connectivity index (χ4v) is 3.18. The molecule has 8 nitrogen and oxygen atoms in total. The van der Waals surface area contributed by atoms with Crippen LogP contribution in [0.25, 0.3) is 10.8 Å². The molecule has 0 spiro atoms. The highest BCUT2D eigenvalue weighted by atomic mass is 19.1. The monoisotopic (exact) mass is 412 g/mol. The number of rotatable bonds is 8. The Bertz CT molecular complexity index is 1070. The largest absolute Gasteiger partial charge is 0.481 e. The van der Waals surface area contributed by atoms with Crippen molar-refractivity contribution in [2.75, 3.05) is 17.7 Å². The van der Waals surface area contributed by atoms with Crippen molar-refractivity contribution in [1.29, 1.82) is 0 Å². The number of hydrogen-bond donors (Lipinski definition) is 4. The van der Waals surface area contributed by atoms with Gasteiger partial charge in [0.15, 0.2) is 11.6 Å². The van der Waals surface area contributed by atoms with Crippen LogP contribution in [0.2, 0.25) is 0 Å². The highest BCUT2D eigenvalue weighted by Crippen LogP contribution is 2.29. The molecule has 9 heteroatoms. The third-order valence-corrected chi connectivity index (χ3v) is 4.82. The lowest BCUT2D eigenvalue weighted by Crippen LogP contribution is -2.38. The second-order valence-corrected chi connectivity index (χ2v) is 6.98. The summed E-state index contributed by atoms with van der Waals surface area (Å²) in [5.74, 6) is -0.821. The van der Waals surface area contributed by atoms with E-state index in [4.69, 9.17) is 16.2 Å². The molecule has 0 saturated heterocycles. The highest BCUT2D eigenvalue weighted by Gasteiger charge is 2.19. The van der Waals surface area contributed by atoms with Gasteiger partial charge >= 0.3 is 0 Å². The van der Waals surface area contributed by atoms with Crippen molar-refractivity contribution in [3.05, 3.63) is 47.9 Å². The van der Waals surface area contributed by atoms with E-state index in [-0.39, 0.29) is 29.3 Å². The normalized spacial score (nSPS) is 13.0. The minimum absolute atomic E-state index is 0.00157. The molecule has 0 saturated carbocycles. The van der Waals surface area contributed by atoms with Crippen molar-refractivity contribution < 1.29 is 13.9 Å².